The molecule has 0 spiro atoms. The lowest BCUT2D eigenvalue weighted by atomic mass is 10.1. The first-order valence-corrected chi connectivity index (χ1v) is 6.10. The lowest BCUT2D eigenvalue weighted by molar-refractivity contribution is 1.12. The molecule has 0 saturated heterocycles. The summed E-state index contributed by atoms with van der Waals surface area (Å²) in [7, 11) is 0. The first-order valence-electron chi connectivity index (χ1n) is 5.35. The van der Waals surface area contributed by atoms with E-state index in [9.17, 15) is 0 Å². The number of rotatable bonds is 1. The maximum atomic E-state index is 6.19. The molecule has 18 heavy (non-hydrogen) atoms. The topological polar surface area (TPSA) is 54.7 Å². The van der Waals surface area contributed by atoms with Crippen molar-refractivity contribution in [1.29, 1.82) is 0 Å². The fraction of sp³-hybridized carbons (Fsp3) is 0. The Morgan fingerprint density at radius 1 is 1.06 bits per heavy atom. The molecule has 3 N–H and O–H groups in total. The maximum absolute atomic E-state index is 6.19. The molecule has 0 radical (unpaired) electrons. The molecule has 3 nitrogen and oxygen atoms in total. The average Bonchev–Trinajstić information content (AvgIpc) is 2.72. The molecule has 0 unspecified atom stereocenters. The van der Waals surface area contributed by atoms with Crippen molar-refractivity contribution in [2.45, 2.75) is 0 Å². The summed E-state index contributed by atoms with van der Waals surface area (Å²) in [5.74, 6) is 0. The summed E-state index contributed by atoms with van der Waals surface area (Å²) in [6.07, 6.45) is 0. The molecule has 90 valence electrons. The molecule has 2 aromatic carbocycles. The second kappa shape index (κ2) is 4.19. The number of nitrogen functional groups attached to an aromatic ring is 1. The van der Waals surface area contributed by atoms with Gasteiger partial charge in [-0.15, -0.1) is 0 Å². The van der Waals surface area contributed by atoms with Crippen molar-refractivity contribution in [3.05, 3.63) is 46.4 Å². The third-order valence-electron chi connectivity index (χ3n) is 2.79. The van der Waals surface area contributed by atoms with Gasteiger partial charge in [0.25, 0.3) is 0 Å². The van der Waals surface area contributed by atoms with Gasteiger partial charge in [0.05, 0.1) is 15.6 Å². The van der Waals surface area contributed by atoms with Crippen molar-refractivity contribution in [1.82, 2.24) is 10.2 Å². The number of benzene rings is 2. The standard InChI is InChI=1S/C13H9Cl2N3/c14-9-2-1-3-10(15)12(9)13-8-6-7(16)4-5-11(8)17-18-13/h1-6H,16H2,(H,17,18). The first kappa shape index (κ1) is 11.4. The molecule has 5 heteroatoms. The minimum Gasteiger partial charge on any atom is -0.399 e. The molecule has 1 heterocycles. The van der Waals surface area contributed by atoms with Crippen molar-refractivity contribution < 1.29 is 0 Å². The summed E-state index contributed by atoms with van der Waals surface area (Å²) in [6, 6.07) is 10.9. The zero-order valence-corrected chi connectivity index (χ0v) is 10.8. The van der Waals surface area contributed by atoms with E-state index < -0.39 is 0 Å². The predicted molar refractivity (Wildman–Crippen MR) is 76.0 cm³/mol. The van der Waals surface area contributed by atoms with Crippen molar-refractivity contribution in [2.24, 2.45) is 0 Å². The third-order valence-corrected chi connectivity index (χ3v) is 3.42. The molecule has 0 fully saturated rings. The Labute approximate surface area is 114 Å². The fourth-order valence-corrected chi connectivity index (χ4v) is 2.52. The van der Waals surface area contributed by atoms with Gasteiger partial charge in [-0.2, -0.15) is 5.10 Å². The highest BCUT2D eigenvalue weighted by Crippen LogP contribution is 2.37. The van der Waals surface area contributed by atoms with Crippen molar-refractivity contribution in [3.8, 4) is 11.3 Å². The molecule has 3 rings (SSSR count). The summed E-state index contributed by atoms with van der Waals surface area (Å²) in [5, 5.41) is 9.27. The first-order chi connectivity index (χ1) is 8.66. The lowest BCUT2D eigenvalue weighted by Gasteiger charge is -2.04. The van der Waals surface area contributed by atoms with Crippen LogP contribution in [0.3, 0.4) is 0 Å². The minimum absolute atomic E-state index is 0.568. The number of aromatic nitrogens is 2. The van der Waals surface area contributed by atoms with E-state index in [1.54, 1.807) is 18.2 Å². The van der Waals surface area contributed by atoms with E-state index in [0.717, 1.165) is 16.5 Å². The second-order valence-corrected chi connectivity index (χ2v) is 4.79. The number of aromatic amines is 1. The minimum atomic E-state index is 0.568. The van der Waals surface area contributed by atoms with E-state index in [1.807, 2.05) is 18.2 Å². The number of H-pyrrole nitrogens is 1. The van der Waals surface area contributed by atoms with Gasteiger partial charge in [-0.1, -0.05) is 29.3 Å². The van der Waals surface area contributed by atoms with Crippen LogP contribution < -0.4 is 5.73 Å². The molecule has 0 amide bonds. The van der Waals surface area contributed by atoms with Crippen LogP contribution in [0, 0.1) is 0 Å². The van der Waals surface area contributed by atoms with E-state index in [-0.39, 0.29) is 0 Å². The van der Waals surface area contributed by atoms with E-state index in [1.165, 1.54) is 0 Å². The second-order valence-electron chi connectivity index (χ2n) is 3.97. The number of hydrogen-bond donors (Lipinski definition) is 2. The molecular weight excluding hydrogens is 269 g/mol. The average molecular weight is 278 g/mol. The number of anilines is 1. The number of nitrogens with zero attached hydrogens (tertiary/aromatic N) is 1. The van der Waals surface area contributed by atoms with E-state index in [2.05, 4.69) is 10.2 Å². The van der Waals surface area contributed by atoms with Crippen LogP contribution in [-0.4, -0.2) is 10.2 Å². The van der Waals surface area contributed by atoms with E-state index in [4.69, 9.17) is 28.9 Å². The quantitative estimate of drug-likeness (QED) is 0.658. The molecular formula is C13H9Cl2N3. The zero-order chi connectivity index (χ0) is 12.7. The summed E-state index contributed by atoms with van der Waals surface area (Å²) in [4.78, 5) is 0. The van der Waals surface area contributed by atoms with Gasteiger partial charge in [-0.3, -0.25) is 5.10 Å². The number of fused-ring (bicyclic) bond motifs is 1. The molecule has 0 atom stereocenters. The van der Waals surface area contributed by atoms with Gasteiger partial charge in [-0.05, 0) is 30.3 Å². The molecule has 1 aromatic heterocycles. The van der Waals surface area contributed by atoms with Crippen molar-refractivity contribution >= 4 is 39.8 Å². The number of halogens is 2. The SMILES string of the molecule is Nc1ccc2[nH]nc(-c3c(Cl)cccc3Cl)c2c1. The summed E-state index contributed by atoms with van der Waals surface area (Å²) in [6.45, 7) is 0. The molecule has 0 aliphatic carbocycles. The van der Waals surface area contributed by atoms with Crippen LogP contribution in [0.25, 0.3) is 22.2 Å². The van der Waals surface area contributed by atoms with Crippen molar-refractivity contribution in [3.63, 3.8) is 0 Å². The Morgan fingerprint density at radius 2 is 1.78 bits per heavy atom. The predicted octanol–water partition coefficient (Wildman–Crippen LogP) is 4.12. The van der Waals surface area contributed by atoms with Crippen LogP contribution in [0.5, 0.6) is 0 Å². The van der Waals surface area contributed by atoms with Crippen LogP contribution in [0.4, 0.5) is 5.69 Å². The van der Waals surface area contributed by atoms with Gasteiger partial charge in [0, 0.05) is 16.6 Å². The van der Waals surface area contributed by atoms with Crippen LogP contribution in [0.2, 0.25) is 10.0 Å². The van der Waals surface area contributed by atoms with Crippen LogP contribution in [-0.2, 0) is 0 Å². The normalized spacial score (nSPS) is 11.0. The molecule has 0 aliphatic heterocycles. The molecule has 3 aromatic rings. The molecule has 0 bridgehead atoms. The highest BCUT2D eigenvalue weighted by Gasteiger charge is 2.14. The van der Waals surface area contributed by atoms with E-state index >= 15 is 0 Å². The fourth-order valence-electron chi connectivity index (χ4n) is 1.95. The summed E-state index contributed by atoms with van der Waals surface area (Å²) in [5.41, 5.74) is 8.81. The van der Waals surface area contributed by atoms with Gasteiger partial charge in [-0.25, -0.2) is 0 Å². The number of nitrogens with one attached hydrogen (secondary N) is 1. The van der Waals surface area contributed by atoms with Gasteiger partial charge < -0.3 is 5.73 Å². The lowest BCUT2D eigenvalue weighted by Crippen LogP contribution is -1.85. The maximum Gasteiger partial charge on any atom is 0.103 e. The zero-order valence-electron chi connectivity index (χ0n) is 9.24. The molecule has 0 saturated carbocycles. The van der Waals surface area contributed by atoms with Crippen LogP contribution >= 0.6 is 23.2 Å². The monoisotopic (exact) mass is 277 g/mol. The van der Waals surface area contributed by atoms with Crippen LogP contribution in [0.1, 0.15) is 0 Å². The third kappa shape index (κ3) is 1.72. The van der Waals surface area contributed by atoms with Gasteiger partial charge in [0.1, 0.15) is 5.69 Å². The van der Waals surface area contributed by atoms with Gasteiger partial charge in [0.2, 0.25) is 0 Å². The Bertz CT molecular complexity index is 714. The van der Waals surface area contributed by atoms with Crippen LogP contribution in [0.15, 0.2) is 36.4 Å². The van der Waals surface area contributed by atoms with Gasteiger partial charge in [0.15, 0.2) is 0 Å². The number of hydrogen-bond acceptors (Lipinski definition) is 2. The summed E-state index contributed by atoms with van der Waals surface area (Å²) >= 11 is 12.4. The Morgan fingerprint density at radius 3 is 2.50 bits per heavy atom. The Kier molecular flexibility index (Phi) is 2.65. The van der Waals surface area contributed by atoms with Gasteiger partial charge >= 0.3 is 0 Å². The Balaban J connectivity index is 2.35. The highest BCUT2D eigenvalue weighted by molar-refractivity contribution is 6.39. The molecule has 0 aliphatic rings. The Hall–Kier alpha value is -1.71. The number of nitrogens with two attached hydrogens (primary N) is 1. The van der Waals surface area contributed by atoms with Crippen molar-refractivity contribution in [2.75, 3.05) is 5.73 Å². The van der Waals surface area contributed by atoms with E-state index in [0.29, 0.717) is 21.4 Å². The largest absolute Gasteiger partial charge is 0.399 e. The summed E-state index contributed by atoms with van der Waals surface area (Å²) < 4.78 is 0. The smallest absolute Gasteiger partial charge is 0.103 e. The highest BCUT2D eigenvalue weighted by atomic mass is 35.5.